The first-order chi connectivity index (χ1) is 11.1. The molecular formula is C16H14N6O. The van der Waals surface area contributed by atoms with Crippen molar-refractivity contribution in [2.45, 2.75) is 19.8 Å². The number of nitrogen functional groups attached to an aromatic ring is 1. The highest BCUT2D eigenvalue weighted by molar-refractivity contribution is 5.69. The minimum atomic E-state index is 0.271. The first-order valence-electron chi connectivity index (χ1n) is 7.29. The van der Waals surface area contributed by atoms with E-state index in [1.165, 1.54) is 6.20 Å². The van der Waals surface area contributed by atoms with Crippen molar-refractivity contribution in [2.75, 3.05) is 5.73 Å². The second kappa shape index (κ2) is 4.98. The van der Waals surface area contributed by atoms with Crippen LogP contribution in [0.4, 0.5) is 5.95 Å². The Morgan fingerprint density at radius 3 is 2.83 bits per heavy atom. The molecule has 0 spiro atoms. The van der Waals surface area contributed by atoms with Gasteiger partial charge in [-0.1, -0.05) is 0 Å². The Kier molecular flexibility index (Phi) is 2.94. The highest BCUT2D eigenvalue weighted by Crippen LogP contribution is 2.31. The van der Waals surface area contributed by atoms with Crippen LogP contribution in [0.25, 0.3) is 22.6 Å². The van der Waals surface area contributed by atoms with Crippen molar-refractivity contribution >= 4 is 5.95 Å². The summed E-state index contributed by atoms with van der Waals surface area (Å²) in [6, 6.07) is 3.59. The van der Waals surface area contributed by atoms with Gasteiger partial charge in [-0.25, -0.2) is 19.9 Å². The molecule has 2 N–H and O–H groups in total. The fourth-order valence-electron chi connectivity index (χ4n) is 2.72. The van der Waals surface area contributed by atoms with Gasteiger partial charge in [0.05, 0.1) is 17.0 Å². The number of pyridine rings is 1. The Labute approximate surface area is 132 Å². The lowest BCUT2D eigenvalue weighted by Crippen LogP contribution is -2.29. The predicted molar refractivity (Wildman–Crippen MR) is 84.0 cm³/mol. The number of nitrogens with zero attached hydrogens (tertiary/aromatic N) is 5. The third-order valence-corrected chi connectivity index (χ3v) is 4.00. The average molecular weight is 306 g/mol. The number of aryl methyl sites for hydroxylation is 3. The van der Waals surface area contributed by atoms with E-state index in [4.69, 9.17) is 5.73 Å². The molecule has 0 aromatic carbocycles. The van der Waals surface area contributed by atoms with Gasteiger partial charge in [0.1, 0.15) is 0 Å². The van der Waals surface area contributed by atoms with E-state index in [1.807, 2.05) is 12.3 Å². The molecule has 0 bridgehead atoms. The third-order valence-electron chi connectivity index (χ3n) is 4.00. The second-order valence-electron chi connectivity index (χ2n) is 5.54. The molecule has 0 unspecified atom stereocenters. The summed E-state index contributed by atoms with van der Waals surface area (Å²) in [5.74, 6) is 0.783. The van der Waals surface area contributed by atoms with E-state index in [0.717, 1.165) is 40.1 Å². The summed E-state index contributed by atoms with van der Waals surface area (Å²) in [5, 5.41) is 11.8. The number of hydrogen-bond acceptors (Lipinski definition) is 6. The molecule has 1 aliphatic carbocycles. The second-order valence-corrected chi connectivity index (χ2v) is 5.54. The van der Waals surface area contributed by atoms with Gasteiger partial charge in [-0.15, -0.1) is 0 Å². The molecule has 114 valence electrons. The largest absolute Gasteiger partial charge is 0.618 e. The molecule has 0 aliphatic heterocycles. The van der Waals surface area contributed by atoms with Crippen LogP contribution >= 0.6 is 0 Å². The van der Waals surface area contributed by atoms with Crippen LogP contribution in [0, 0.1) is 12.1 Å². The SMILES string of the molecule is Cc1ccc(-c2ncc3c(n2)-c2cnc(N)nc2CC3)c[n+]1[O-]. The van der Waals surface area contributed by atoms with Crippen molar-refractivity contribution in [3.8, 4) is 22.6 Å². The Balaban J connectivity index is 1.86. The van der Waals surface area contributed by atoms with E-state index >= 15 is 0 Å². The van der Waals surface area contributed by atoms with Gasteiger partial charge in [0.2, 0.25) is 5.95 Å². The van der Waals surface area contributed by atoms with Crippen LogP contribution < -0.4 is 10.5 Å². The summed E-state index contributed by atoms with van der Waals surface area (Å²) in [6.07, 6.45) is 6.61. The lowest BCUT2D eigenvalue weighted by atomic mass is 9.94. The van der Waals surface area contributed by atoms with E-state index < -0.39 is 0 Å². The maximum atomic E-state index is 11.8. The monoisotopic (exact) mass is 306 g/mol. The van der Waals surface area contributed by atoms with Gasteiger partial charge in [0, 0.05) is 30.9 Å². The van der Waals surface area contributed by atoms with Crippen molar-refractivity contribution in [3.63, 3.8) is 0 Å². The molecule has 0 fully saturated rings. The van der Waals surface area contributed by atoms with Gasteiger partial charge in [-0.2, -0.15) is 4.73 Å². The molecule has 0 saturated heterocycles. The Morgan fingerprint density at radius 1 is 1.13 bits per heavy atom. The maximum absolute atomic E-state index is 11.8. The molecule has 1 aliphatic rings. The van der Waals surface area contributed by atoms with Crippen LogP contribution in [0.1, 0.15) is 17.0 Å². The summed E-state index contributed by atoms with van der Waals surface area (Å²) in [6.45, 7) is 1.75. The van der Waals surface area contributed by atoms with Crippen LogP contribution in [-0.4, -0.2) is 19.9 Å². The zero-order chi connectivity index (χ0) is 16.0. The lowest BCUT2D eigenvalue weighted by molar-refractivity contribution is -0.611. The number of hydrogen-bond donors (Lipinski definition) is 1. The van der Waals surface area contributed by atoms with Crippen molar-refractivity contribution in [1.82, 2.24) is 19.9 Å². The Morgan fingerprint density at radius 2 is 2.00 bits per heavy atom. The summed E-state index contributed by atoms with van der Waals surface area (Å²) in [4.78, 5) is 17.4. The number of fused-ring (bicyclic) bond motifs is 3. The fourth-order valence-corrected chi connectivity index (χ4v) is 2.72. The van der Waals surface area contributed by atoms with Crippen molar-refractivity contribution in [3.05, 3.63) is 52.9 Å². The standard InChI is InChI=1S/C16H14N6O/c1-9-2-3-11(8-22(9)23)15-18-6-10-4-5-13-12(14(10)21-15)7-19-16(17)20-13/h2-3,6-8H,4-5H2,1H3,(H2,17,19,20). The summed E-state index contributed by atoms with van der Waals surface area (Å²) < 4.78 is 0.815. The van der Waals surface area contributed by atoms with E-state index in [0.29, 0.717) is 17.1 Å². The van der Waals surface area contributed by atoms with Gasteiger partial charge >= 0.3 is 0 Å². The van der Waals surface area contributed by atoms with Gasteiger partial charge < -0.3 is 10.9 Å². The molecular weight excluding hydrogens is 292 g/mol. The minimum Gasteiger partial charge on any atom is -0.618 e. The van der Waals surface area contributed by atoms with Crippen molar-refractivity contribution in [1.29, 1.82) is 0 Å². The number of rotatable bonds is 1. The summed E-state index contributed by atoms with van der Waals surface area (Å²) in [7, 11) is 0. The zero-order valence-corrected chi connectivity index (χ0v) is 12.5. The van der Waals surface area contributed by atoms with Crippen LogP contribution in [0.15, 0.2) is 30.7 Å². The zero-order valence-electron chi connectivity index (χ0n) is 12.5. The molecule has 3 aromatic heterocycles. The third kappa shape index (κ3) is 2.26. The van der Waals surface area contributed by atoms with E-state index in [2.05, 4.69) is 19.9 Å². The van der Waals surface area contributed by atoms with Gasteiger partial charge in [-0.05, 0) is 24.5 Å². The number of nitrogens with two attached hydrogens (primary N) is 1. The number of anilines is 1. The highest BCUT2D eigenvalue weighted by Gasteiger charge is 2.21. The summed E-state index contributed by atoms with van der Waals surface area (Å²) >= 11 is 0. The maximum Gasteiger partial charge on any atom is 0.220 e. The minimum absolute atomic E-state index is 0.271. The lowest BCUT2D eigenvalue weighted by Gasteiger charge is -2.17. The average Bonchev–Trinajstić information content (AvgIpc) is 2.56. The molecule has 0 saturated carbocycles. The molecule has 0 atom stereocenters. The van der Waals surface area contributed by atoms with E-state index in [9.17, 15) is 5.21 Å². The topological polar surface area (TPSA) is 105 Å². The molecule has 0 radical (unpaired) electrons. The fraction of sp³-hybridized carbons (Fsp3) is 0.188. The van der Waals surface area contributed by atoms with Crippen LogP contribution in [0.5, 0.6) is 0 Å². The van der Waals surface area contributed by atoms with Crippen LogP contribution in [0.3, 0.4) is 0 Å². The molecule has 7 nitrogen and oxygen atoms in total. The quantitative estimate of drug-likeness (QED) is 0.535. The van der Waals surface area contributed by atoms with Gasteiger partial charge in [-0.3, -0.25) is 0 Å². The van der Waals surface area contributed by atoms with Gasteiger partial charge in [0.25, 0.3) is 0 Å². The van der Waals surface area contributed by atoms with E-state index in [-0.39, 0.29) is 5.95 Å². The Hall–Kier alpha value is -3.09. The van der Waals surface area contributed by atoms with E-state index in [1.54, 1.807) is 19.2 Å². The molecule has 0 amide bonds. The summed E-state index contributed by atoms with van der Waals surface area (Å²) in [5.41, 5.74) is 10.6. The van der Waals surface area contributed by atoms with Crippen molar-refractivity contribution < 1.29 is 4.73 Å². The van der Waals surface area contributed by atoms with Gasteiger partial charge in [0.15, 0.2) is 17.7 Å². The first-order valence-corrected chi connectivity index (χ1v) is 7.29. The molecule has 3 aromatic rings. The predicted octanol–water partition coefficient (Wildman–Crippen LogP) is 1.22. The molecule has 7 heteroatoms. The van der Waals surface area contributed by atoms with Crippen LogP contribution in [0.2, 0.25) is 0 Å². The Bertz CT molecular complexity index is 924. The molecule has 4 rings (SSSR count). The molecule has 23 heavy (non-hydrogen) atoms. The number of aromatic nitrogens is 5. The molecule has 3 heterocycles. The van der Waals surface area contributed by atoms with Crippen molar-refractivity contribution in [2.24, 2.45) is 0 Å². The normalized spacial score (nSPS) is 12.6. The van der Waals surface area contributed by atoms with Crippen LogP contribution in [-0.2, 0) is 12.8 Å². The smallest absolute Gasteiger partial charge is 0.220 e. The highest BCUT2D eigenvalue weighted by atomic mass is 16.5. The first kappa shape index (κ1) is 13.6.